The summed E-state index contributed by atoms with van der Waals surface area (Å²) in [5.41, 5.74) is 3.33. The molecule has 1 saturated carbocycles. The summed E-state index contributed by atoms with van der Waals surface area (Å²) in [5.74, 6) is 0.833. The summed E-state index contributed by atoms with van der Waals surface area (Å²) in [6.07, 6.45) is 4.12. The molecule has 86 valence electrons. The van der Waals surface area contributed by atoms with E-state index in [9.17, 15) is 0 Å². The quantitative estimate of drug-likeness (QED) is 0.633. The van der Waals surface area contributed by atoms with Crippen LogP contribution in [0.1, 0.15) is 51.5 Å². The normalized spacial score (nSPS) is 28.1. The minimum Gasteiger partial charge on any atom is -0.363 e. The Labute approximate surface area is 98.5 Å². The highest BCUT2D eigenvalue weighted by atomic mass is 15.2. The molecule has 1 heterocycles. The maximum Gasteiger partial charge on any atom is 0.0408 e. The number of anilines is 1. The van der Waals surface area contributed by atoms with Crippen LogP contribution in [0.5, 0.6) is 0 Å². The van der Waals surface area contributed by atoms with Gasteiger partial charge in [0.15, 0.2) is 0 Å². The molecule has 1 aromatic carbocycles. The molecular formula is C15H21N. The third-order valence-electron chi connectivity index (χ3n) is 4.13. The van der Waals surface area contributed by atoms with Gasteiger partial charge in [-0.1, -0.05) is 18.2 Å². The lowest BCUT2D eigenvalue weighted by Crippen LogP contribution is -2.49. The van der Waals surface area contributed by atoms with Crippen LogP contribution in [-0.4, -0.2) is 11.6 Å². The van der Waals surface area contributed by atoms with Gasteiger partial charge in [0.05, 0.1) is 0 Å². The summed E-state index contributed by atoms with van der Waals surface area (Å²) in [6, 6.07) is 9.80. The first-order valence-corrected chi connectivity index (χ1v) is 6.45. The average molecular weight is 215 g/mol. The van der Waals surface area contributed by atoms with E-state index < -0.39 is 0 Å². The van der Waals surface area contributed by atoms with Crippen molar-refractivity contribution in [1.29, 1.82) is 0 Å². The van der Waals surface area contributed by atoms with Crippen LogP contribution in [0, 0.1) is 0 Å². The Bertz CT molecular complexity index is 402. The molecule has 0 N–H and O–H groups in total. The van der Waals surface area contributed by atoms with Gasteiger partial charge >= 0.3 is 0 Å². The van der Waals surface area contributed by atoms with Gasteiger partial charge in [-0.2, -0.15) is 0 Å². The van der Waals surface area contributed by atoms with Gasteiger partial charge in [-0.25, -0.2) is 0 Å². The van der Waals surface area contributed by atoms with Gasteiger partial charge in [0.1, 0.15) is 0 Å². The van der Waals surface area contributed by atoms with Crippen molar-refractivity contribution in [2.45, 2.75) is 57.5 Å². The van der Waals surface area contributed by atoms with E-state index in [2.05, 4.69) is 49.9 Å². The summed E-state index contributed by atoms with van der Waals surface area (Å²) in [5, 5.41) is 0. The number of benzene rings is 1. The lowest BCUT2D eigenvalue weighted by atomic mass is 9.88. The Morgan fingerprint density at radius 1 is 1.12 bits per heavy atom. The van der Waals surface area contributed by atoms with E-state index >= 15 is 0 Å². The average Bonchev–Trinajstić information content (AvgIpc) is 2.61. The molecule has 2 unspecified atom stereocenters. The van der Waals surface area contributed by atoms with Gasteiger partial charge in [-0.15, -0.1) is 0 Å². The van der Waals surface area contributed by atoms with Crippen molar-refractivity contribution < 1.29 is 0 Å². The topological polar surface area (TPSA) is 3.24 Å². The van der Waals surface area contributed by atoms with Crippen LogP contribution >= 0.6 is 0 Å². The monoisotopic (exact) mass is 215 g/mol. The van der Waals surface area contributed by atoms with Gasteiger partial charge in [0.25, 0.3) is 0 Å². The van der Waals surface area contributed by atoms with Crippen molar-refractivity contribution in [1.82, 2.24) is 0 Å². The van der Waals surface area contributed by atoms with Crippen LogP contribution in [0.15, 0.2) is 24.3 Å². The molecule has 0 spiro atoms. The molecule has 3 rings (SSSR count). The smallest absolute Gasteiger partial charge is 0.0408 e. The lowest BCUT2D eigenvalue weighted by Gasteiger charge is -2.46. The predicted molar refractivity (Wildman–Crippen MR) is 69.1 cm³/mol. The fourth-order valence-corrected chi connectivity index (χ4v) is 3.63. The fourth-order valence-electron chi connectivity index (χ4n) is 3.63. The van der Waals surface area contributed by atoms with E-state index in [1.165, 1.54) is 24.9 Å². The molecule has 1 nitrogen and oxygen atoms in total. The minimum atomic E-state index is 0.246. The standard InChI is InChI=1S/C15H21N/c1-15(2,3)16-12-9-8-11(10-12)13-6-4-5-7-14(13)16/h4-7,11-12H,8-10H2,1-3H3. The van der Waals surface area contributed by atoms with Crippen molar-refractivity contribution in [2.24, 2.45) is 0 Å². The van der Waals surface area contributed by atoms with E-state index in [0.29, 0.717) is 0 Å². The molecule has 16 heavy (non-hydrogen) atoms. The van der Waals surface area contributed by atoms with Gasteiger partial charge in [-0.05, 0) is 57.6 Å². The second-order valence-corrected chi connectivity index (χ2v) is 6.26. The second-order valence-electron chi connectivity index (χ2n) is 6.26. The molecule has 1 aliphatic heterocycles. The molecule has 0 amide bonds. The Kier molecular flexibility index (Phi) is 2.07. The first-order valence-electron chi connectivity index (χ1n) is 6.45. The maximum atomic E-state index is 2.66. The Morgan fingerprint density at radius 2 is 1.88 bits per heavy atom. The zero-order valence-electron chi connectivity index (χ0n) is 10.5. The number of nitrogens with zero attached hydrogens (tertiary/aromatic N) is 1. The van der Waals surface area contributed by atoms with Crippen molar-refractivity contribution in [2.75, 3.05) is 4.90 Å². The van der Waals surface area contributed by atoms with Crippen LogP contribution in [0.25, 0.3) is 0 Å². The molecule has 0 radical (unpaired) electrons. The molecule has 2 aliphatic rings. The predicted octanol–water partition coefficient (Wildman–Crippen LogP) is 3.94. The highest BCUT2D eigenvalue weighted by molar-refractivity contribution is 5.60. The van der Waals surface area contributed by atoms with Gasteiger partial charge in [0.2, 0.25) is 0 Å². The minimum absolute atomic E-state index is 0.246. The van der Waals surface area contributed by atoms with E-state index in [4.69, 9.17) is 0 Å². The van der Waals surface area contributed by atoms with Crippen molar-refractivity contribution >= 4 is 5.69 Å². The molecule has 0 aromatic heterocycles. The molecule has 1 aliphatic carbocycles. The third kappa shape index (κ3) is 1.37. The summed E-state index contributed by atoms with van der Waals surface area (Å²) < 4.78 is 0. The fraction of sp³-hybridized carbons (Fsp3) is 0.600. The Hall–Kier alpha value is -0.980. The van der Waals surface area contributed by atoms with Gasteiger partial charge < -0.3 is 4.90 Å². The number of rotatable bonds is 0. The molecular weight excluding hydrogens is 194 g/mol. The summed E-state index contributed by atoms with van der Waals surface area (Å²) >= 11 is 0. The lowest BCUT2D eigenvalue weighted by molar-refractivity contribution is 0.425. The summed E-state index contributed by atoms with van der Waals surface area (Å²) in [6.45, 7) is 7.01. The summed E-state index contributed by atoms with van der Waals surface area (Å²) in [7, 11) is 0. The SMILES string of the molecule is CC(C)(C)N1c2ccccc2C2CCC1C2. The largest absolute Gasteiger partial charge is 0.363 e. The van der Waals surface area contributed by atoms with E-state index in [1.54, 1.807) is 5.56 Å². The molecule has 2 bridgehead atoms. The summed E-state index contributed by atoms with van der Waals surface area (Å²) in [4.78, 5) is 2.66. The van der Waals surface area contributed by atoms with Crippen molar-refractivity contribution in [3.63, 3.8) is 0 Å². The van der Waals surface area contributed by atoms with Gasteiger partial charge in [0, 0.05) is 17.3 Å². The highest BCUT2D eigenvalue weighted by Crippen LogP contribution is 2.49. The number of hydrogen-bond acceptors (Lipinski definition) is 1. The van der Waals surface area contributed by atoms with Crippen LogP contribution in [0.3, 0.4) is 0 Å². The first kappa shape index (κ1) is 10.2. The van der Waals surface area contributed by atoms with E-state index in [1.807, 2.05) is 0 Å². The molecule has 1 heteroatoms. The van der Waals surface area contributed by atoms with E-state index in [-0.39, 0.29) is 5.54 Å². The van der Waals surface area contributed by atoms with Crippen LogP contribution in [-0.2, 0) is 0 Å². The molecule has 1 fully saturated rings. The van der Waals surface area contributed by atoms with Crippen LogP contribution in [0.2, 0.25) is 0 Å². The zero-order valence-corrected chi connectivity index (χ0v) is 10.5. The van der Waals surface area contributed by atoms with Crippen molar-refractivity contribution in [3.05, 3.63) is 29.8 Å². The van der Waals surface area contributed by atoms with Crippen LogP contribution in [0.4, 0.5) is 5.69 Å². The zero-order chi connectivity index (χ0) is 11.3. The third-order valence-corrected chi connectivity index (χ3v) is 4.13. The van der Waals surface area contributed by atoms with Gasteiger partial charge in [-0.3, -0.25) is 0 Å². The van der Waals surface area contributed by atoms with E-state index in [0.717, 1.165) is 12.0 Å². The number of fused-ring (bicyclic) bond motifs is 4. The molecule has 2 atom stereocenters. The molecule has 0 saturated heterocycles. The Morgan fingerprint density at radius 3 is 2.62 bits per heavy atom. The number of hydrogen-bond donors (Lipinski definition) is 0. The molecule has 1 aromatic rings. The number of para-hydroxylation sites is 1. The van der Waals surface area contributed by atoms with Crippen LogP contribution < -0.4 is 4.90 Å². The Balaban J connectivity index is 2.14. The highest BCUT2D eigenvalue weighted by Gasteiger charge is 2.41. The first-order chi connectivity index (χ1) is 7.57. The van der Waals surface area contributed by atoms with Crippen molar-refractivity contribution in [3.8, 4) is 0 Å². The second kappa shape index (κ2) is 3.26. The maximum absolute atomic E-state index is 2.66.